The van der Waals surface area contributed by atoms with E-state index in [0.29, 0.717) is 0 Å². The lowest BCUT2D eigenvalue weighted by molar-refractivity contribution is -0.121. The van der Waals surface area contributed by atoms with Crippen LogP contribution in [0, 0.1) is 0 Å². The summed E-state index contributed by atoms with van der Waals surface area (Å²) in [6, 6.07) is 10.7. The Labute approximate surface area is 162 Å². The van der Waals surface area contributed by atoms with Crippen LogP contribution >= 0.6 is 11.3 Å². The molecule has 27 heavy (non-hydrogen) atoms. The maximum absolute atomic E-state index is 12.4. The first-order valence-electron chi connectivity index (χ1n) is 8.25. The standard InChI is InChI=1S/C18H20N4O3S2/c1-14(15-5-7-16(8-6-15)22-10-9-19-13-22)20-17(23)12-21(2)27(24,25)18-4-3-11-26-18/h3-11,13-14H,12H2,1-2H3,(H,20,23)/t14-/m0/s1. The van der Waals surface area contributed by atoms with Crippen molar-refractivity contribution in [2.24, 2.45) is 0 Å². The first-order valence-corrected chi connectivity index (χ1v) is 10.6. The second-order valence-corrected chi connectivity index (χ2v) is 9.26. The Morgan fingerprint density at radius 2 is 2.04 bits per heavy atom. The highest BCUT2D eigenvalue weighted by Gasteiger charge is 2.24. The van der Waals surface area contributed by atoms with E-state index in [1.54, 1.807) is 24.0 Å². The number of imidazole rings is 1. The van der Waals surface area contributed by atoms with Gasteiger partial charge in [0.05, 0.1) is 18.9 Å². The summed E-state index contributed by atoms with van der Waals surface area (Å²) in [5.74, 6) is -0.358. The molecule has 0 aliphatic carbocycles. The molecule has 1 N–H and O–H groups in total. The summed E-state index contributed by atoms with van der Waals surface area (Å²) in [6.07, 6.45) is 5.27. The van der Waals surface area contributed by atoms with E-state index in [1.807, 2.05) is 42.0 Å². The van der Waals surface area contributed by atoms with Gasteiger partial charge >= 0.3 is 0 Å². The summed E-state index contributed by atoms with van der Waals surface area (Å²) in [5.41, 5.74) is 1.90. The second kappa shape index (κ2) is 8.03. The average molecular weight is 405 g/mol. The zero-order chi connectivity index (χ0) is 19.4. The molecule has 0 saturated heterocycles. The van der Waals surface area contributed by atoms with Gasteiger partial charge in [-0.05, 0) is 36.1 Å². The predicted octanol–water partition coefficient (Wildman–Crippen LogP) is 2.43. The van der Waals surface area contributed by atoms with E-state index in [1.165, 1.54) is 13.1 Å². The quantitative estimate of drug-likeness (QED) is 0.655. The molecule has 7 nitrogen and oxygen atoms in total. The Kier molecular flexibility index (Phi) is 5.73. The molecule has 2 aromatic heterocycles. The molecule has 0 spiro atoms. The lowest BCUT2D eigenvalue weighted by Crippen LogP contribution is -2.39. The Morgan fingerprint density at radius 3 is 2.63 bits per heavy atom. The maximum atomic E-state index is 12.4. The number of hydrogen-bond acceptors (Lipinski definition) is 5. The molecule has 1 atom stereocenters. The third-order valence-electron chi connectivity index (χ3n) is 4.10. The van der Waals surface area contributed by atoms with Gasteiger partial charge in [0.15, 0.2) is 0 Å². The molecule has 0 fully saturated rings. The number of aromatic nitrogens is 2. The summed E-state index contributed by atoms with van der Waals surface area (Å²) in [7, 11) is -2.24. The van der Waals surface area contributed by atoms with Crippen LogP contribution in [-0.4, -0.2) is 41.8 Å². The molecule has 1 amide bonds. The minimum atomic E-state index is -3.64. The molecule has 0 saturated carbocycles. The molecular weight excluding hydrogens is 384 g/mol. The highest BCUT2D eigenvalue weighted by Crippen LogP contribution is 2.20. The van der Waals surface area contributed by atoms with Crippen LogP contribution in [0.3, 0.4) is 0 Å². The van der Waals surface area contributed by atoms with Crippen LogP contribution in [0.15, 0.2) is 64.7 Å². The molecule has 2 heterocycles. The Morgan fingerprint density at radius 1 is 1.30 bits per heavy atom. The summed E-state index contributed by atoms with van der Waals surface area (Å²) < 4.78 is 27.9. The van der Waals surface area contributed by atoms with Gasteiger partial charge in [0.1, 0.15) is 4.21 Å². The van der Waals surface area contributed by atoms with Crippen molar-refractivity contribution in [2.45, 2.75) is 17.2 Å². The number of likely N-dealkylation sites (N-methyl/N-ethyl adjacent to an activating group) is 1. The number of nitrogens with zero attached hydrogens (tertiary/aromatic N) is 3. The molecule has 3 aromatic rings. The molecule has 0 aliphatic heterocycles. The van der Waals surface area contributed by atoms with Gasteiger partial charge in [-0.3, -0.25) is 4.79 Å². The van der Waals surface area contributed by atoms with Gasteiger partial charge < -0.3 is 9.88 Å². The summed E-state index contributed by atoms with van der Waals surface area (Å²) in [6.45, 7) is 1.62. The van der Waals surface area contributed by atoms with E-state index in [2.05, 4.69) is 10.3 Å². The van der Waals surface area contributed by atoms with Crippen LogP contribution in [0.4, 0.5) is 0 Å². The van der Waals surface area contributed by atoms with Gasteiger partial charge in [-0.15, -0.1) is 11.3 Å². The zero-order valence-electron chi connectivity index (χ0n) is 14.9. The molecular formula is C18H20N4O3S2. The third-order valence-corrected chi connectivity index (χ3v) is 7.28. The van der Waals surface area contributed by atoms with Crippen LogP contribution in [-0.2, 0) is 14.8 Å². The highest BCUT2D eigenvalue weighted by molar-refractivity contribution is 7.91. The van der Waals surface area contributed by atoms with Crippen molar-refractivity contribution in [1.82, 2.24) is 19.2 Å². The smallest absolute Gasteiger partial charge is 0.252 e. The number of nitrogens with one attached hydrogen (secondary N) is 1. The van der Waals surface area contributed by atoms with Crippen molar-refractivity contribution in [3.8, 4) is 5.69 Å². The van der Waals surface area contributed by atoms with Crippen molar-refractivity contribution >= 4 is 27.3 Å². The number of hydrogen-bond donors (Lipinski definition) is 1. The first-order chi connectivity index (χ1) is 12.9. The molecule has 0 unspecified atom stereocenters. The molecule has 9 heteroatoms. The Bertz CT molecular complexity index is 982. The van der Waals surface area contributed by atoms with Crippen LogP contribution < -0.4 is 5.32 Å². The predicted molar refractivity (Wildman–Crippen MR) is 104 cm³/mol. The molecule has 0 radical (unpaired) electrons. The lowest BCUT2D eigenvalue weighted by atomic mass is 10.1. The molecule has 0 bridgehead atoms. The number of rotatable bonds is 7. The largest absolute Gasteiger partial charge is 0.348 e. The number of benzene rings is 1. The van der Waals surface area contributed by atoms with Gasteiger partial charge in [0, 0.05) is 25.1 Å². The van der Waals surface area contributed by atoms with Crippen LogP contribution in [0.1, 0.15) is 18.5 Å². The molecule has 142 valence electrons. The lowest BCUT2D eigenvalue weighted by Gasteiger charge is -2.19. The number of sulfonamides is 1. The van der Waals surface area contributed by atoms with Crippen LogP contribution in [0.5, 0.6) is 0 Å². The fourth-order valence-corrected chi connectivity index (χ4v) is 4.90. The highest BCUT2D eigenvalue weighted by atomic mass is 32.2. The number of carbonyl (C=O) groups excluding carboxylic acids is 1. The monoisotopic (exact) mass is 404 g/mol. The van der Waals surface area contributed by atoms with E-state index >= 15 is 0 Å². The van der Waals surface area contributed by atoms with Crippen LogP contribution in [0.25, 0.3) is 5.69 Å². The minimum absolute atomic E-state index is 0.223. The zero-order valence-corrected chi connectivity index (χ0v) is 16.6. The van der Waals surface area contributed by atoms with Crippen molar-refractivity contribution in [3.05, 3.63) is 66.1 Å². The Balaban J connectivity index is 1.60. The summed E-state index contributed by atoms with van der Waals surface area (Å²) >= 11 is 1.13. The van der Waals surface area contributed by atoms with Crippen molar-refractivity contribution in [1.29, 1.82) is 0 Å². The second-order valence-electron chi connectivity index (χ2n) is 6.04. The first kappa shape index (κ1) is 19.3. The van der Waals surface area contributed by atoms with E-state index < -0.39 is 10.0 Å². The number of thiophene rings is 1. The van der Waals surface area contributed by atoms with Crippen molar-refractivity contribution < 1.29 is 13.2 Å². The normalized spacial score (nSPS) is 12.9. The Hall–Kier alpha value is -2.49. The minimum Gasteiger partial charge on any atom is -0.348 e. The fourth-order valence-electron chi connectivity index (χ4n) is 2.57. The SMILES string of the molecule is C[C@H](NC(=O)CN(C)S(=O)(=O)c1cccs1)c1ccc(-n2ccnc2)cc1. The van der Waals surface area contributed by atoms with Gasteiger partial charge in [0.2, 0.25) is 5.91 Å². The number of carbonyl (C=O) groups is 1. The van der Waals surface area contributed by atoms with E-state index in [-0.39, 0.29) is 22.7 Å². The van der Waals surface area contributed by atoms with E-state index in [0.717, 1.165) is 26.9 Å². The topological polar surface area (TPSA) is 84.3 Å². The molecule has 0 aliphatic rings. The van der Waals surface area contributed by atoms with E-state index in [9.17, 15) is 13.2 Å². The average Bonchev–Trinajstić information content (AvgIpc) is 3.35. The van der Waals surface area contributed by atoms with Gasteiger partial charge in [-0.1, -0.05) is 18.2 Å². The fraction of sp³-hybridized carbons (Fsp3) is 0.222. The number of amides is 1. The molecule has 3 rings (SSSR count). The van der Waals surface area contributed by atoms with Gasteiger partial charge in [-0.25, -0.2) is 13.4 Å². The van der Waals surface area contributed by atoms with Crippen molar-refractivity contribution in [2.75, 3.05) is 13.6 Å². The van der Waals surface area contributed by atoms with Gasteiger partial charge in [-0.2, -0.15) is 4.31 Å². The van der Waals surface area contributed by atoms with Crippen molar-refractivity contribution in [3.63, 3.8) is 0 Å². The summed E-state index contributed by atoms with van der Waals surface area (Å²) in [5, 5.41) is 4.53. The maximum Gasteiger partial charge on any atom is 0.252 e. The summed E-state index contributed by atoms with van der Waals surface area (Å²) in [4.78, 5) is 16.3. The third kappa shape index (κ3) is 4.44. The van der Waals surface area contributed by atoms with E-state index in [4.69, 9.17) is 0 Å². The molecule has 1 aromatic carbocycles. The van der Waals surface area contributed by atoms with Crippen LogP contribution in [0.2, 0.25) is 0 Å². The van der Waals surface area contributed by atoms with Gasteiger partial charge in [0.25, 0.3) is 10.0 Å².